The van der Waals surface area contributed by atoms with E-state index in [-0.39, 0.29) is 18.1 Å². The molecule has 1 aromatic carbocycles. The molecule has 1 aliphatic rings. The lowest BCUT2D eigenvalue weighted by Crippen LogP contribution is -2.38. The van der Waals surface area contributed by atoms with Crippen LogP contribution in [0.25, 0.3) is 0 Å². The van der Waals surface area contributed by atoms with E-state index >= 15 is 0 Å². The summed E-state index contributed by atoms with van der Waals surface area (Å²) in [4.78, 5) is -0.173. The molecule has 1 fully saturated rings. The second-order valence-corrected chi connectivity index (χ2v) is 12.0. The van der Waals surface area contributed by atoms with Gasteiger partial charge < -0.3 is 9.05 Å². The summed E-state index contributed by atoms with van der Waals surface area (Å²) in [6, 6.07) is 7.22. The fraction of sp³-hybridized carbons (Fsp3) is 0.538. The Balaban J connectivity index is 2.33. The van der Waals surface area contributed by atoms with E-state index in [1.807, 2.05) is 13.8 Å². The Bertz CT molecular complexity index is 718. The van der Waals surface area contributed by atoms with Crippen LogP contribution in [0.1, 0.15) is 13.8 Å². The van der Waals surface area contributed by atoms with Crippen molar-refractivity contribution in [1.82, 2.24) is 0 Å². The van der Waals surface area contributed by atoms with E-state index in [9.17, 15) is 13.0 Å². The Hall–Kier alpha value is 0.150. The van der Waals surface area contributed by atoms with Gasteiger partial charge in [-0.15, -0.1) is 0 Å². The molecule has 0 spiro atoms. The Kier molecular flexibility index (Phi) is 6.01. The van der Waals surface area contributed by atoms with E-state index in [0.717, 1.165) is 0 Å². The van der Waals surface area contributed by atoms with Gasteiger partial charge in [0, 0.05) is 5.41 Å². The molecule has 1 heterocycles. The fourth-order valence-electron chi connectivity index (χ4n) is 1.79. The first-order valence-electron chi connectivity index (χ1n) is 6.80. The standard InChI is InChI=1S/C13H16Cl3O6PS/c1-12(2)8-20-23(17,21-9-12)11(13(14,15)16)22-24(18,19)10-6-4-3-5-7-10/h3-7,11H,8-9H2,1-2H3. The van der Waals surface area contributed by atoms with Crippen molar-refractivity contribution < 1.29 is 26.2 Å². The van der Waals surface area contributed by atoms with Crippen molar-refractivity contribution in [3.8, 4) is 0 Å². The predicted octanol–water partition coefficient (Wildman–Crippen LogP) is 4.35. The van der Waals surface area contributed by atoms with E-state index in [4.69, 9.17) is 48.0 Å². The van der Waals surface area contributed by atoms with Gasteiger partial charge >= 0.3 is 7.60 Å². The highest BCUT2D eigenvalue weighted by Crippen LogP contribution is 2.63. The maximum Gasteiger partial charge on any atom is 0.365 e. The molecule has 1 aromatic rings. The second kappa shape index (κ2) is 7.05. The minimum absolute atomic E-state index is 0.0380. The molecule has 1 saturated heterocycles. The molecular formula is C13H16Cl3O6PS. The second-order valence-electron chi connectivity index (χ2n) is 6.01. The molecule has 0 radical (unpaired) electrons. The van der Waals surface area contributed by atoms with Crippen LogP contribution in [0.15, 0.2) is 35.2 Å². The highest BCUT2D eigenvalue weighted by atomic mass is 35.6. The molecule has 0 aliphatic carbocycles. The highest BCUT2D eigenvalue weighted by Gasteiger charge is 2.55. The maximum absolute atomic E-state index is 12.9. The summed E-state index contributed by atoms with van der Waals surface area (Å²) >= 11 is 17.4. The monoisotopic (exact) mass is 436 g/mol. The molecule has 1 unspecified atom stereocenters. The molecule has 1 aliphatic heterocycles. The quantitative estimate of drug-likeness (QED) is 0.396. The van der Waals surface area contributed by atoms with E-state index < -0.39 is 32.8 Å². The highest BCUT2D eigenvalue weighted by molar-refractivity contribution is 7.87. The molecule has 24 heavy (non-hydrogen) atoms. The summed E-state index contributed by atoms with van der Waals surface area (Å²) < 4.78 is 50.7. The van der Waals surface area contributed by atoms with Crippen molar-refractivity contribution in [2.45, 2.75) is 28.4 Å². The molecule has 0 N–H and O–H groups in total. The van der Waals surface area contributed by atoms with E-state index in [1.54, 1.807) is 6.07 Å². The van der Waals surface area contributed by atoms with Gasteiger partial charge in [-0.05, 0) is 12.1 Å². The number of hydrogen-bond donors (Lipinski definition) is 0. The molecule has 0 bridgehead atoms. The average molecular weight is 438 g/mol. The van der Waals surface area contributed by atoms with Crippen LogP contribution in [-0.2, 0) is 27.9 Å². The van der Waals surface area contributed by atoms with Crippen molar-refractivity contribution in [2.75, 3.05) is 13.2 Å². The molecule has 1 atom stereocenters. The molecular weight excluding hydrogens is 422 g/mol. The third-order valence-corrected chi connectivity index (χ3v) is 7.62. The van der Waals surface area contributed by atoms with Gasteiger partial charge in [-0.3, -0.25) is 4.57 Å². The molecule has 0 aromatic heterocycles. The normalized spacial score (nSPS) is 22.0. The third-order valence-electron chi connectivity index (χ3n) is 3.09. The number of alkyl halides is 3. The first kappa shape index (κ1) is 20.5. The van der Waals surface area contributed by atoms with Gasteiger partial charge in [-0.1, -0.05) is 66.8 Å². The van der Waals surface area contributed by atoms with Crippen molar-refractivity contribution in [3.63, 3.8) is 0 Å². The van der Waals surface area contributed by atoms with Gasteiger partial charge in [0.1, 0.15) is 0 Å². The number of halogens is 3. The first-order valence-corrected chi connectivity index (χ1v) is 11.0. The molecule has 0 saturated carbocycles. The van der Waals surface area contributed by atoms with Crippen LogP contribution in [-0.4, -0.2) is 31.3 Å². The molecule has 6 nitrogen and oxygen atoms in total. The first-order chi connectivity index (χ1) is 10.9. The SMILES string of the molecule is CC1(C)COP(=O)(C(OS(=O)(=O)c2ccccc2)C(Cl)(Cl)Cl)OC1. The largest absolute Gasteiger partial charge is 0.365 e. The molecule has 136 valence electrons. The lowest BCUT2D eigenvalue weighted by atomic mass is 9.97. The third kappa shape index (κ3) is 4.86. The van der Waals surface area contributed by atoms with Gasteiger partial charge in [0.25, 0.3) is 10.1 Å². The summed E-state index contributed by atoms with van der Waals surface area (Å²) in [5.41, 5.74) is -0.412. The van der Waals surface area contributed by atoms with Crippen LogP contribution in [0.3, 0.4) is 0 Å². The zero-order chi connectivity index (χ0) is 18.2. The van der Waals surface area contributed by atoms with Gasteiger partial charge in [0.2, 0.25) is 9.64 Å². The summed E-state index contributed by atoms with van der Waals surface area (Å²) in [5, 5.41) is 0. The Morgan fingerprint density at radius 3 is 2.12 bits per heavy atom. The van der Waals surface area contributed by atoms with Crippen molar-refractivity contribution >= 4 is 52.5 Å². The molecule has 0 amide bonds. The Morgan fingerprint density at radius 1 is 1.17 bits per heavy atom. The average Bonchev–Trinajstić information content (AvgIpc) is 2.48. The number of benzene rings is 1. The Morgan fingerprint density at radius 2 is 1.67 bits per heavy atom. The smallest absolute Gasteiger partial charge is 0.306 e. The lowest BCUT2D eigenvalue weighted by molar-refractivity contribution is 0.0270. The summed E-state index contributed by atoms with van der Waals surface area (Å²) in [6.45, 7) is 3.72. The maximum atomic E-state index is 12.9. The van der Waals surface area contributed by atoms with Gasteiger partial charge in [0.15, 0.2) is 0 Å². The number of hydrogen-bond acceptors (Lipinski definition) is 6. The van der Waals surface area contributed by atoms with Crippen molar-refractivity contribution in [2.24, 2.45) is 5.41 Å². The van der Waals surface area contributed by atoms with Gasteiger partial charge in [-0.2, -0.15) is 8.42 Å². The summed E-state index contributed by atoms with van der Waals surface area (Å²) in [7, 11) is -8.48. The van der Waals surface area contributed by atoms with Crippen LogP contribution >= 0.6 is 42.4 Å². The predicted molar refractivity (Wildman–Crippen MR) is 92.1 cm³/mol. The Labute approximate surface area is 156 Å². The van der Waals surface area contributed by atoms with Gasteiger partial charge in [-0.25, -0.2) is 4.18 Å². The van der Waals surface area contributed by atoms with E-state index in [1.165, 1.54) is 24.3 Å². The minimum Gasteiger partial charge on any atom is -0.306 e. The van der Waals surface area contributed by atoms with Crippen molar-refractivity contribution in [1.29, 1.82) is 0 Å². The zero-order valence-electron chi connectivity index (χ0n) is 12.8. The topological polar surface area (TPSA) is 78.9 Å². The van der Waals surface area contributed by atoms with Gasteiger partial charge in [0.05, 0.1) is 18.1 Å². The molecule has 11 heteroatoms. The molecule has 2 rings (SSSR count). The summed E-state index contributed by atoms with van der Waals surface area (Å²) in [5.74, 6) is -1.93. The minimum atomic E-state index is -4.34. The van der Waals surface area contributed by atoms with Crippen LogP contribution in [0, 0.1) is 5.41 Å². The van der Waals surface area contributed by atoms with Crippen molar-refractivity contribution in [3.05, 3.63) is 30.3 Å². The van der Waals surface area contributed by atoms with Crippen LogP contribution in [0.2, 0.25) is 0 Å². The number of rotatable bonds is 4. The lowest BCUT2D eigenvalue weighted by Gasteiger charge is -2.38. The van der Waals surface area contributed by atoms with Crippen LogP contribution in [0.5, 0.6) is 0 Å². The fourth-order valence-corrected chi connectivity index (χ4v) is 6.67. The zero-order valence-corrected chi connectivity index (χ0v) is 16.8. The summed E-state index contributed by atoms with van der Waals surface area (Å²) in [6.07, 6.45) is 0. The van der Waals surface area contributed by atoms with Crippen LogP contribution in [0.4, 0.5) is 0 Å². The van der Waals surface area contributed by atoms with E-state index in [2.05, 4.69) is 0 Å². The van der Waals surface area contributed by atoms with Crippen LogP contribution < -0.4 is 0 Å². The van der Waals surface area contributed by atoms with E-state index in [0.29, 0.717) is 0 Å².